The molecule has 0 spiro atoms. The predicted octanol–water partition coefficient (Wildman–Crippen LogP) is 5.75. The maximum absolute atomic E-state index is 12.9. The second kappa shape index (κ2) is 10.2. The van der Waals surface area contributed by atoms with Crippen molar-refractivity contribution in [2.24, 2.45) is 7.05 Å². The number of halogens is 1. The monoisotopic (exact) mass is 510 g/mol. The van der Waals surface area contributed by atoms with Crippen molar-refractivity contribution in [3.05, 3.63) is 79.5 Å². The van der Waals surface area contributed by atoms with Gasteiger partial charge in [0, 0.05) is 41.7 Å². The van der Waals surface area contributed by atoms with E-state index in [1.807, 2.05) is 51.1 Å². The molecule has 182 valence electrons. The molecule has 0 unspecified atom stereocenters. The van der Waals surface area contributed by atoms with Crippen LogP contribution < -0.4 is 15.6 Å². The number of fused-ring (bicyclic) bond motifs is 1. The van der Waals surface area contributed by atoms with Gasteiger partial charge in [-0.05, 0) is 79.8 Å². The molecule has 0 atom stereocenters. The molecule has 2 N–H and O–H groups in total. The molecule has 0 saturated carbocycles. The third kappa shape index (κ3) is 5.27. The summed E-state index contributed by atoms with van der Waals surface area (Å²) in [4.78, 5) is 25.9. The number of nitrogens with one attached hydrogen (secondary N) is 1. The van der Waals surface area contributed by atoms with E-state index in [1.165, 1.54) is 15.9 Å². The Kier molecular flexibility index (Phi) is 7.31. The van der Waals surface area contributed by atoms with Crippen molar-refractivity contribution in [2.45, 2.75) is 27.2 Å². The summed E-state index contributed by atoms with van der Waals surface area (Å²) in [7, 11) is 1.71. The molecule has 0 aliphatic carbocycles. The molecule has 1 amide bonds. The summed E-state index contributed by atoms with van der Waals surface area (Å²) in [6.07, 6.45) is 2.27. The number of hydrogen-bond acceptors (Lipinski definition) is 5. The SMILES string of the molecule is Cc1cc(Oc2c(C)cc(Cl)cc2C)cc(-c2cn(C)c(=O)c3cc(C(=O)NCCCO)sc23)c1. The van der Waals surface area contributed by atoms with Crippen LogP contribution >= 0.6 is 22.9 Å². The number of amides is 1. The van der Waals surface area contributed by atoms with Gasteiger partial charge in [-0.2, -0.15) is 0 Å². The van der Waals surface area contributed by atoms with Gasteiger partial charge in [0.15, 0.2) is 0 Å². The van der Waals surface area contributed by atoms with E-state index in [0.717, 1.165) is 38.3 Å². The van der Waals surface area contributed by atoms with E-state index in [9.17, 15) is 9.59 Å². The zero-order chi connectivity index (χ0) is 25.3. The topological polar surface area (TPSA) is 80.6 Å². The highest BCUT2D eigenvalue weighted by atomic mass is 35.5. The van der Waals surface area contributed by atoms with Crippen molar-refractivity contribution in [1.82, 2.24) is 9.88 Å². The Morgan fingerprint density at radius 2 is 1.83 bits per heavy atom. The lowest BCUT2D eigenvalue weighted by Crippen LogP contribution is -2.24. The zero-order valence-electron chi connectivity index (χ0n) is 20.1. The number of ether oxygens (including phenoxy) is 1. The van der Waals surface area contributed by atoms with Crippen molar-refractivity contribution < 1.29 is 14.6 Å². The highest BCUT2D eigenvalue weighted by Crippen LogP contribution is 2.37. The molecule has 0 bridgehead atoms. The Morgan fingerprint density at radius 1 is 1.11 bits per heavy atom. The number of rotatable bonds is 7. The lowest BCUT2D eigenvalue weighted by Gasteiger charge is -2.15. The largest absolute Gasteiger partial charge is 0.457 e. The van der Waals surface area contributed by atoms with Crippen molar-refractivity contribution >= 4 is 38.9 Å². The fraction of sp³-hybridized carbons (Fsp3) is 0.259. The van der Waals surface area contributed by atoms with E-state index in [-0.39, 0.29) is 18.1 Å². The number of carbonyl (C=O) groups excluding carboxylic acids is 1. The molecule has 4 rings (SSSR count). The second-order valence-electron chi connectivity index (χ2n) is 8.65. The molecule has 2 heterocycles. The predicted molar refractivity (Wildman–Crippen MR) is 142 cm³/mol. The Balaban J connectivity index is 1.79. The Hall–Kier alpha value is -3.13. The van der Waals surface area contributed by atoms with Gasteiger partial charge >= 0.3 is 0 Å². The first-order valence-corrected chi connectivity index (χ1v) is 12.5. The third-order valence-electron chi connectivity index (χ3n) is 5.70. The van der Waals surface area contributed by atoms with Crippen molar-refractivity contribution in [3.63, 3.8) is 0 Å². The summed E-state index contributed by atoms with van der Waals surface area (Å²) in [6, 6.07) is 11.3. The molecule has 2 aromatic heterocycles. The number of carbonyl (C=O) groups is 1. The minimum Gasteiger partial charge on any atom is -0.457 e. The molecule has 35 heavy (non-hydrogen) atoms. The van der Waals surface area contributed by atoms with Gasteiger partial charge in [0.2, 0.25) is 0 Å². The molecule has 4 aromatic rings. The number of aliphatic hydroxyl groups excluding tert-OH is 1. The van der Waals surface area contributed by atoms with Crippen LogP contribution in [0.15, 0.2) is 47.4 Å². The summed E-state index contributed by atoms with van der Waals surface area (Å²) in [6.45, 7) is 6.28. The summed E-state index contributed by atoms with van der Waals surface area (Å²) in [5, 5.41) is 12.9. The van der Waals surface area contributed by atoms with Crippen molar-refractivity contribution in [2.75, 3.05) is 13.2 Å². The number of aryl methyl sites for hydroxylation is 4. The van der Waals surface area contributed by atoms with Gasteiger partial charge in [0.25, 0.3) is 11.5 Å². The average molecular weight is 511 g/mol. The molecule has 8 heteroatoms. The van der Waals surface area contributed by atoms with Crippen LogP contribution in [0, 0.1) is 20.8 Å². The Bertz CT molecular complexity index is 1470. The first-order chi connectivity index (χ1) is 16.7. The lowest BCUT2D eigenvalue weighted by atomic mass is 10.0. The summed E-state index contributed by atoms with van der Waals surface area (Å²) in [5.74, 6) is 1.18. The van der Waals surface area contributed by atoms with E-state index in [1.54, 1.807) is 19.3 Å². The van der Waals surface area contributed by atoms with Crippen LogP contribution in [0.3, 0.4) is 0 Å². The number of aliphatic hydroxyl groups is 1. The van der Waals surface area contributed by atoms with Crippen LogP contribution in [0.5, 0.6) is 11.5 Å². The number of pyridine rings is 1. The normalized spacial score (nSPS) is 11.1. The van der Waals surface area contributed by atoms with E-state index >= 15 is 0 Å². The van der Waals surface area contributed by atoms with E-state index < -0.39 is 0 Å². The molecule has 0 aliphatic rings. The molecular weight excluding hydrogens is 484 g/mol. The average Bonchev–Trinajstić information content (AvgIpc) is 3.24. The van der Waals surface area contributed by atoms with Gasteiger partial charge in [-0.25, -0.2) is 0 Å². The second-order valence-corrected chi connectivity index (χ2v) is 10.1. The van der Waals surface area contributed by atoms with Gasteiger partial charge in [-0.1, -0.05) is 17.7 Å². The van der Waals surface area contributed by atoms with Crippen LogP contribution in [0.4, 0.5) is 0 Å². The van der Waals surface area contributed by atoms with Crippen LogP contribution in [0.1, 0.15) is 32.8 Å². The Morgan fingerprint density at radius 3 is 2.51 bits per heavy atom. The van der Waals surface area contributed by atoms with Crippen LogP contribution in [0.2, 0.25) is 5.02 Å². The maximum Gasteiger partial charge on any atom is 0.261 e. The quantitative estimate of drug-likeness (QED) is 0.310. The summed E-state index contributed by atoms with van der Waals surface area (Å²) >= 11 is 7.46. The minimum absolute atomic E-state index is 0.00419. The molecule has 0 saturated heterocycles. The fourth-order valence-electron chi connectivity index (χ4n) is 4.08. The number of aromatic nitrogens is 1. The molecular formula is C27H27ClN2O4S. The molecule has 0 fully saturated rings. The van der Waals surface area contributed by atoms with Crippen molar-refractivity contribution in [3.8, 4) is 22.6 Å². The number of hydrogen-bond donors (Lipinski definition) is 2. The van der Waals surface area contributed by atoms with E-state index in [4.69, 9.17) is 21.4 Å². The molecule has 2 aromatic carbocycles. The van der Waals surface area contributed by atoms with Gasteiger partial charge in [-0.3, -0.25) is 9.59 Å². The van der Waals surface area contributed by atoms with Gasteiger partial charge in [0.05, 0.1) is 10.3 Å². The molecule has 0 radical (unpaired) electrons. The first-order valence-electron chi connectivity index (χ1n) is 11.3. The highest BCUT2D eigenvalue weighted by Gasteiger charge is 2.18. The third-order valence-corrected chi connectivity index (χ3v) is 7.09. The van der Waals surface area contributed by atoms with Crippen LogP contribution in [-0.4, -0.2) is 28.7 Å². The van der Waals surface area contributed by atoms with Crippen LogP contribution in [-0.2, 0) is 7.05 Å². The Labute approximate surface area is 212 Å². The zero-order valence-corrected chi connectivity index (χ0v) is 21.6. The smallest absolute Gasteiger partial charge is 0.261 e. The number of benzene rings is 2. The van der Waals surface area contributed by atoms with E-state index in [0.29, 0.717) is 34.0 Å². The fourth-order valence-corrected chi connectivity index (χ4v) is 5.50. The minimum atomic E-state index is -0.255. The van der Waals surface area contributed by atoms with Gasteiger partial charge in [-0.15, -0.1) is 11.3 Å². The summed E-state index contributed by atoms with van der Waals surface area (Å²) in [5.41, 5.74) is 4.46. The molecule has 0 aliphatic heterocycles. The highest BCUT2D eigenvalue weighted by molar-refractivity contribution is 7.21. The number of nitrogens with zero attached hydrogens (tertiary/aromatic N) is 1. The lowest BCUT2D eigenvalue weighted by molar-refractivity contribution is 0.0955. The van der Waals surface area contributed by atoms with Gasteiger partial charge in [0.1, 0.15) is 11.5 Å². The van der Waals surface area contributed by atoms with E-state index in [2.05, 4.69) is 5.32 Å². The maximum atomic E-state index is 12.9. The van der Waals surface area contributed by atoms with Gasteiger partial charge < -0.3 is 19.7 Å². The van der Waals surface area contributed by atoms with Crippen LogP contribution in [0.25, 0.3) is 21.2 Å². The van der Waals surface area contributed by atoms with Crippen molar-refractivity contribution in [1.29, 1.82) is 0 Å². The standard InChI is InChI=1S/C27H27ClN2O4S/c1-15-8-18(12-20(9-15)34-24-16(2)10-19(28)11-17(24)3)22-14-30(4)27(33)21-13-23(35-25(21)22)26(32)29-6-5-7-31/h8-14,31H,5-7H2,1-4H3,(H,29,32). The summed E-state index contributed by atoms with van der Waals surface area (Å²) < 4.78 is 8.58. The number of thiophene rings is 1. The first kappa shape index (κ1) is 25.0. The molecule has 6 nitrogen and oxygen atoms in total.